The predicted molar refractivity (Wildman–Crippen MR) is 107 cm³/mol. The van der Waals surface area contributed by atoms with Crippen LogP contribution in [0.4, 0.5) is 0 Å². The Balaban J connectivity index is 1.58. The Morgan fingerprint density at radius 1 is 1.41 bits per heavy atom. The molecule has 1 fully saturated rings. The number of aromatic nitrogens is 1. The van der Waals surface area contributed by atoms with Gasteiger partial charge < -0.3 is 9.84 Å². The van der Waals surface area contributed by atoms with Crippen LogP contribution in [0.25, 0.3) is 10.6 Å². The van der Waals surface area contributed by atoms with Crippen LogP contribution in [0, 0.1) is 0 Å². The summed E-state index contributed by atoms with van der Waals surface area (Å²) in [6.45, 7) is 2.96. The van der Waals surface area contributed by atoms with Crippen molar-refractivity contribution >= 4 is 17.3 Å². The lowest BCUT2D eigenvalue weighted by Crippen LogP contribution is -2.36. The molecule has 6 nitrogen and oxygen atoms in total. The van der Waals surface area contributed by atoms with Gasteiger partial charge in [0.2, 0.25) is 0 Å². The molecule has 7 heteroatoms. The summed E-state index contributed by atoms with van der Waals surface area (Å²) in [5.74, 6) is 0.0828. The number of carboxylic acid groups (broad SMARTS) is 1. The number of benzene rings is 1. The van der Waals surface area contributed by atoms with Gasteiger partial charge in [-0.3, -0.25) is 14.6 Å². The van der Waals surface area contributed by atoms with Gasteiger partial charge in [0.05, 0.1) is 19.3 Å². The van der Waals surface area contributed by atoms with Gasteiger partial charge in [-0.25, -0.2) is 4.98 Å². The monoisotopic (exact) mass is 389 g/mol. The molecule has 27 heavy (non-hydrogen) atoms. The maximum absolute atomic E-state index is 10.9. The van der Waals surface area contributed by atoms with Gasteiger partial charge >= 0.3 is 5.97 Å². The van der Waals surface area contributed by atoms with E-state index in [1.54, 1.807) is 18.4 Å². The van der Waals surface area contributed by atoms with E-state index in [2.05, 4.69) is 16.3 Å². The first-order valence-electron chi connectivity index (χ1n) is 9.28. The molecule has 146 valence electrons. The minimum absolute atomic E-state index is 0.112. The van der Waals surface area contributed by atoms with Crippen molar-refractivity contribution in [3.63, 3.8) is 0 Å². The number of hydrogen-bond acceptors (Lipinski definition) is 6. The van der Waals surface area contributed by atoms with Crippen LogP contribution in [0.1, 0.15) is 25.0 Å². The Hall–Kier alpha value is -1.96. The maximum Gasteiger partial charge on any atom is 0.317 e. The Morgan fingerprint density at radius 3 is 3.04 bits per heavy atom. The zero-order valence-corrected chi connectivity index (χ0v) is 16.7. The van der Waals surface area contributed by atoms with E-state index in [1.807, 2.05) is 30.1 Å². The normalized spacial score (nSPS) is 18.4. The second-order valence-electron chi connectivity index (χ2n) is 7.05. The fourth-order valence-electron chi connectivity index (χ4n) is 3.58. The van der Waals surface area contributed by atoms with Crippen LogP contribution in [-0.2, 0) is 11.3 Å². The van der Waals surface area contributed by atoms with Crippen molar-refractivity contribution in [2.75, 3.05) is 33.8 Å². The number of hydrogen-bond donors (Lipinski definition) is 1. The molecule has 1 atom stereocenters. The highest BCUT2D eigenvalue weighted by Gasteiger charge is 2.22. The fourth-order valence-corrected chi connectivity index (χ4v) is 4.38. The molecule has 0 amide bonds. The third-order valence-corrected chi connectivity index (χ3v) is 5.99. The number of rotatable bonds is 7. The summed E-state index contributed by atoms with van der Waals surface area (Å²) >= 11 is 1.66. The molecule has 1 N–H and O–H groups in total. The minimum atomic E-state index is -0.758. The Kier molecular flexibility index (Phi) is 6.82. The SMILES string of the molecule is COc1cccc(-c2nc(CN3CCCC(N(C)CC(=O)O)CC3)cs2)c1. The van der Waals surface area contributed by atoms with Gasteiger partial charge in [-0.05, 0) is 45.0 Å². The van der Waals surface area contributed by atoms with E-state index in [1.165, 1.54) is 0 Å². The second-order valence-corrected chi connectivity index (χ2v) is 7.90. The molecule has 0 aliphatic carbocycles. The molecule has 1 aliphatic heterocycles. The number of methoxy groups -OCH3 is 1. The molecule has 1 saturated heterocycles. The number of likely N-dealkylation sites (tertiary alicyclic amines) is 1. The van der Waals surface area contributed by atoms with Crippen LogP contribution in [0.15, 0.2) is 29.6 Å². The number of aliphatic carboxylic acids is 1. The number of thiazole rings is 1. The van der Waals surface area contributed by atoms with E-state index in [0.29, 0.717) is 6.04 Å². The van der Waals surface area contributed by atoms with Crippen molar-refractivity contribution in [2.45, 2.75) is 31.8 Å². The lowest BCUT2D eigenvalue weighted by atomic mass is 10.1. The first-order chi connectivity index (χ1) is 13.0. The first-order valence-corrected chi connectivity index (χ1v) is 10.2. The smallest absolute Gasteiger partial charge is 0.317 e. The van der Waals surface area contributed by atoms with Crippen molar-refractivity contribution < 1.29 is 14.6 Å². The molecule has 1 aromatic heterocycles. The molecule has 0 radical (unpaired) electrons. The largest absolute Gasteiger partial charge is 0.497 e. The highest BCUT2D eigenvalue weighted by atomic mass is 32.1. The van der Waals surface area contributed by atoms with E-state index in [4.69, 9.17) is 14.8 Å². The van der Waals surface area contributed by atoms with E-state index in [-0.39, 0.29) is 6.54 Å². The zero-order chi connectivity index (χ0) is 19.2. The summed E-state index contributed by atoms with van der Waals surface area (Å²) in [7, 11) is 3.59. The molecule has 0 spiro atoms. The minimum Gasteiger partial charge on any atom is -0.497 e. The van der Waals surface area contributed by atoms with Gasteiger partial charge in [-0.2, -0.15) is 0 Å². The molecule has 2 aromatic rings. The highest BCUT2D eigenvalue weighted by Crippen LogP contribution is 2.27. The highest BCUT2D eigenvalue weighted by molar-refractivity contribution is 7.13. The van der Waals surface area contributed by atoms with Gasteiger partial charge in [-0.1, -0.05) is 12.1 Å². The van der Waals surface area contributed by atoms with Crippen LogP contribution >= 0.6 is 11.3 Å². The van der Waals surface area contributed by atoms with Gasteiger partial charge in [0, 0.05) is 30.1 Å². The van der Waals surface area contributed by atoms with E-state index >= 15 is 0 Å². The van der Waals surface area contributed by atoms with Crippen LogP contribution in [-0.4, -0.2) is 65.7 Å². The molecule has 0 bridgehead atoms. The first kappa shape index (κ1) is 19.8. The summed E-state index contributed by atoms with van der Waals surface area (Å²) < 4.78 is 5.30. The van der Waals surface area contributed by atoms with Crippen molar-refractivity contribution in [3.8, 4) is 16.3 Å². The van der Waals surface area contributed by atoms with Crippen LogP contribution < -0.4 is 4.74 Å². The van der Waals surface area contributed by atoms with Crippen LogP contribution in [0.3, 0.4) is 0 Å². The molecule has 1 unspecified atom stereocenters. The molecule has 3 rings (SSSR count). The van der Waals surface area contributed by atoms with Crippen molar-refractivity contribution in [3.05, 3.63) is 35.3 Å². The lowest BCUT2D eigenvalue weighted by Gasteiger charge is -2.25. The molecular weight excluding hydrogens is 362 g/mol. The number of nitrogens with zero attached hydrogens (tertiary/aromatic N) is 3. The summed E-state index contributed by atoms with van der Waals surface area (Å²) in [6.07, 6.45) is 3.13. The van der Waals surface area contributed by atoms with Crippen molar-refractivity contribution in [1.29, 1.82) is 0 Å². The van der Waals surface area contributed by atoms with Gasteiger partial charge in [0.15, 0.2) is 0 Å². The zero-order valence-electron chi connectivity index (χ0n) is 15.9. The summed E-state index contributed by atoms with van der Waals surface area (Å²) in [6, 6.07) is 8.33. The average Bonchev–Trinajstić information content (AvgIpc) is 2.99. The number of ether oxygens (including phenoxy) is 1. The van der Waals surface area contributed by atoms with E-state index in [9.17, 15) is 4.79 Å². The quantitative estimate of drug-likeness (QED) is 0.785. The van der Waals surface area contributed by atoms with Gasteiger partial charge in [0.1, 0.15) is 10.8 Å². The van der Waals surface area contributed by atoms with Crippen molar-refractivity contribution in [2.24, 2.45) is 0 Å². The molecule has 1 aliphatic rings. The molecular formula is C20H27N3O3S. The topological polar surface area (TPSA) is 65.9 Å². The Labute approximate surface area is 164 Å². The third-order valence-electron chi connectivity index (χ3n) is 5.05. The Morgan fingerprint density at radius 2 is 2.26 bits per heavy atom. The number of carbonyl (C=O) groups is 1. The predicted octanol–water partition coefficient (Wildman–Crippen LogP) is 3.19. The molecule has 0 saturated carbocycles. The van der Waals surface area contributed by atoms with Crippen LogP contribution in [0.5, 0.6) is 5.75 Å². The molecule has 1 aromatic carbocycles. The summed E-state index contributed by atoms with van der Waals surface area (Å²) in [5, 5.41) is 12.1. The fraction of sp³-hybridized carbons (Fsp3) is 0.500. The van der Waals surface area contributed by atoms with Gasteiger partial charge in [0.25, 0.3) is 0 Å². The van der Waals surface area contributed by atoms with Crippen LogP contribution in [0.2, 0.25) is 0 Å². The summed E-state index contributed by atoms with van der Waals surface area (Å²) in [4.78, 5) is 20.1. The summed E-state index contributed by atoms with van der Waals surface area (Å²) in [5.41, 5.74) is 2.17. The van der Waals surface area contributed by atoms with Gasteiger partial charge in [-0.15, -0.1) is 11.3 Å². The van der Waals surface area contributed by atoms with Crippen molar-refractivity contribution in [1.82, 2.24) is 14.8 Å². The Bertz CT molecular complexity index is 764. The lowest BCUT2D eigenvalue weighted by molar-refractivity contribution is -0.138. The number of likely N-dealkylation sites (N-methyl/N-ethyl adjacent to an activating group) is 1. The second kappa shape index (κ2) is 9.30. The third kappa shape index (κ3) is 5.51. The van der Waals surface area contributed by atoms with E-state index < -0.39 is 5.97 Å². The molecule has 2 heterocycles. The standard InChI is InChI=1S/C20H27N3O3S/c1-22(13-19(24)25)17-6-4-9-23(10-8-17)12-16-14-27-20(21-16)15-5-3-7-18(11-15)26-2/h3,5,7,11,14,17H,4,6,8-10,12-13H2,1-2H3,(H,24,25). The van der Waals surface area contributed by atoms with E-state index in [0.717, 1.165) is 60.9 Å². The average molecular weight is 390 g/mol. The maximum atomic E-state index is 10.9. The number of carboxylic acids is 1.